The third-order valence-electron chi connectivity index (χ3n) is 2.00. The quantitative estimate of drug-likeness (QED) is 0.654. The highest BCUT2D eigenvalue weighted by Gasteiger charge is 2.39. The highest BCUT2D eigenvalue weighted by Crippen LogP contribution is 2.28. The summed E-state index contributed by atoms with van der Waals surface area (Å²) in [6, 6.07) is 3.16. The first-order valence-electron chi connectivity index (χ1n) is 5.06. The Hall–Kier alpha value is -2.58. The highest BCUT2D eigenvalue weighted by atomic mass is 19.4. The van der Waals surface area contributed by atoms with Gasteiger partial charge in [0.25, 0.3) is 0 Å². The zero-order valence-corrected chi connectivity index (χ0v) is 9.95. The summed E-state index contributed by atoms with van der Waals surface area (Å²) < 4.78 is 41.0. The normalized spacial score (nSPS) is 10.8. The molecular formula is C11H8F3NO5. The molecule has 0 aliphatic carbocycles. The Kier molecular flexibility index (Phi) is 4.33. The molecule has 1 amide bonds. The maximum atomic E-state index is 12.1. The zero-order valence-electron chi connectivity index (χ0n) is 9.95. The second-order valence-corrected chi connectivity index (χ2v) is 3.53. The fraction of sp³-hybridized carbons (Fsp3) is 0.182. The van der Waals surface area contributed by atoms with E-state index < -0.39 is 41.0 Å². The summed E-state index contributed by atoms with van der Waals surface area (Å²) in [5.41, 5.74) is -1.38. The Labute approximate surface area is 110 Å². The van der Waals surface area contributed by atoms with Crippen LogP contribution in [0.15, 0.2) is 18.2 Å². The molecule has 0 saturated carbocycles. The van der Waals surface area contributed by atoms with Crippen LogP contribution in [0.1, 0.15) is 17.3 Å². The van der Waals surface area contributed by atoms with Crippen molar-refractivity contribution in [2.45, 2.75) is 13.1 Å². The van der Waals surface area contributed by atoms with Gasteiger partial charge >= 0.3 is 24.0 Å². The number of hydrogen-bond donors (Lipinski definition) is 2. The Bertz CT molecular complexity index is 568. The number of amides is 1. The highest BCUT2D eigenvalue weighted by molar-refractivity contribution is 6.04. The molecule has 9 heteroatoms. The lowest BCUT2D eigenvalue weighted by molar-refractivity contribution is -0.167. The predicted molar refractivity (Wildman–Crippen MR) is 59.4 cm³/mol. The van der Waals surface area contributed by atoms with E-state index in [-0.39, 0.29) is 0 Å². The maximum Gasteiger partial charge on any atom is 0.471 e. The Balaban J connectivity index is 3.23. The van der Waals surface area contributed by atoms with Crippen molar-refractivity contribution >= 4 is 23.5 Å². The van der Waals surface area contributed by atoms with Gasteiger partial charge in [-0.25, -0.2) is 4.79 Å². The summed E-state index contributed by atoms with van der Waals surface area (Å²) in [4.78, 5) is 32.6. The molecule has 1 aromatic rings. The number of hydrogen-bond acceptors (Lipinski definition) is 4. The minimum Gasteiger partial charge on any atom is -0.477 e. The maximum absolute atomic E-state index is 12.1. The van der Waals surface area contributed by atoms with Crippen LogP contribution < -0.4 is 10.1 Å². The van der Waals surface area contributed by atoms with Crippen molar-refractivity contribution in [2.24, 2.45) is 0 Å². The molecule has 6 nitrogen and oxygen atoms in total. The molecule has 0 aliphatic rings. The molecule has 0 aliphatic heterocycles. The van der Waals surface area contributed by atoms with Crippen LogP contribution in [-0.4, -0.2) is 29.1 Å². The van der Waals surface area contributed by atoms with E-state index in [1.807, 2.05) is 0 Å². The SMILES string of the molecule is CC(=O)Oc1cccc(NC(=O)C(F)(F)F)c1C(=O)O. The van der Waals surface area contributed by atoms with Gasteiger partial charge in [0.15, 0.2) is 0 Å². The number of nitrogens with one attached hydrogen (secondary N) is 1. The van der Waals surface area contributed by atoms with Crippen LogP contribution in [0.25, 0.3) is 0 Å². The molecular weight excluding hydrogens is 283 g/mol. The van der Waals surface area contributed by atoms with Crippen molar-refractivity contribution in [1.82, 2.24) is 0 Å². The molecule has 0 aromatic heterocycles. The molecule has 0 fully saturated rings. The van der Waals surface area contributed by atoms with E-state index in [1.54, 1.807) is 0 Å². The molecule has 0 heterocycles. The van der Waals surface area contributed by atoms with Crippen LogP contribution in [0.4, 0.5) is 18.9 Å². The average molecular weight is 291 g/mol. The number of carboxylic acids is 1. The van der Waals surface area contributed by atoms with Gasteiger partial charge in [-0.05, 0) is 12.1 Å². The Morgan fingerprint density at radius 1 is 1.25 bits per heavy atom. The monoisotopic (exact) mass is 291 g/mol. The fourth-order valence-corrected chi connectivity index (χ4v) is 1.29. The van der Waals surface area contributed by atoms with Gasteiger partial charge in [0.2, 0.25) is 0 Å². The van der Waals surface area contributed by atoms with Crippen molar-refractivity contribution in [2.75, 3.05) is 5.32 Å². The predicted octanol–water partition coefficient (Wildman–Crippen LogP) is 1.81. The van der Waals surface area contributed by atoms with Crippen LogP contribution in [0.5, 0.6) is 5.75 Å². The van der Waals surface area contributed by atoms with E-state index in [0.29, 0.717) is 0 Å². The molecule has 108 valence electrons. The first-order chi connectivity index (χ1) is 9.12. The number of benzene rings is 1. The Morgan fingerprint density at radius 2 is 1.85 bits per heavy atom. The van der Waals surface area contributed by atoms with Gasteiger partial charge in [-0.1, -0.05) is 6.07 Å². The molecule has 0 atom stereocenters. The number of anilines is 1. The Morgan fingerprint density at radius 3 is 2.30 bits per heavy atom. The number of carbonyl (C=O) groups is 3. The molecule has 2 N–H and O–H groups in total. The number of ether oxygens (including phenoxy) is 1. The molecule has 0 spiro atoms. The summed E-state index contributed by atoms with van der Waals surface area (Å²) in [6.45, 7) is 0.993. The first kappa shape index (κ1) is 15.5. The van der Waals surface area contributed by atoms with Gasteiger partial charge in [0.1, 0.15) is 11.3 Å². The number of esters is 1. The number of rotatable bonds is 3. The lowest BCUT2D eigenvalue weighted by atomic mass is 10.1. The third-order valence-corrected chi connectivity index (χ3v) is 2.00. The summed E-state index contributed by atoms with van der Waals surface area (Å²) in [7, 11) is 0. The van der Waals surface area contributed by atoms with E-state index in [4.69, 9.17) is 5.11 Å². The van der Waals surface area contributed by atoms with Crippen LogP contribution in [0, 0.1) is 0 Å². The smallest absolute Gasteiger partial charge is 0.471 e. The molecule has 0 radical (unpaired) electrons. The van der Waals surface area contributed by atoms with E-state index >= 15 is 0 Å². The van der Waals surface area contributed by atoms with Gasteiger partial charge < -0.3 is 15.2 Å². The van der Waals surface area contributed by atoms with Crippen molar-refractivity contribution in [3.63, 3.8) is 0 Å². The largest absolute Gasteiger partial charge is 0.477 e. The van der Waals surface area contributed by atoms with Gasteiger partial charge in [0, 0.05) is 6.92 Å². The van der Waals surface area contributed by atoms with Crippen LogP contribution >= 0.6 is 0 Å². The van der Waals surface area contributed by atoms with E-state index in [1.165, 1.54) is 5.32 Å². The summed E-state index contributed by atoms with van der Waals surface area (Å²) in [6.07, 6.45) is -5.17. The number of carbonyl (C=O) groups excluding carboxylic acids is 2. The second kappa shape index (κ2) is 5.59. The zero-order chi connectivity index (χ0) is 15.5. The van der Waals surface area contributed by atoms with E-state index in [0.717, 1.165) is 25.1 Å². The van der Waals surface area contributed by atoms with Crippen LogP contribution in [-0.2, 0) is 9.59 Å². The average Bonchev–Trinajstić information content (AvgIpc) is 2.26. The fourth-order valence-electron chi connectivity index (χ4n) is 1.29. The lowest BCUT2D eigenvalue weighted by Crippen LogP contribution is -2.30. The number of carboxylic acid groups (broad SMARTS) is 1. The number of aromatic carboxylic acids is 1. The summed E-state index contributed by atoms with van der Waals surface area (Å²) >= 11 is 0. The van der Waals surface area contributed by atoms with E-state index in [2.05, 4.69) is 4.74 Å². The van der Waals surface area contributed by atoms with Gasteiger partial charge in [-0.15, -0.1) is 0 Å². The molecule has 0 bridgehead atoms. The molecule has 0 saturated heterocycles. The van der Waals surface area contributed by atoms with Crippen molar-refractivity contribution < 1.29 is 37.4 Å². The van der Waals surface area contributed by atoms with Crippen molar-refractivity contribution in [3.05, 3.63) is 23.8 Å². The molecule has 1 aromatic carbocycles. The first-order valence-corrected chi connectivity index (χ1v) is 5.06. The topological polar surface area (TPSA) is 92.7 Å². The summed E-state index contributed by atoms with van der Waals surface area (Å²) in [5, 5.41) is 10.4. The second-order valence-electron chi connectivity index (χ2n) is 3.53. The van der Waals surface area contributed by atoms with Crippen LogP contribution in [0.3, 0.4) is 0 Å². The minimum absolute atomic E-state index is 0.468. The number of halogens is 3. The minimum atomic E-state index is -5.17. The standard InChI is InChI=1S/C11H8F3NO5/c1-5(16)20-7-4-2-3-6(8(7)9(17)18)15-10(19)11(12,13)14/h2-4H,1H3,(H,15,19)(H,17,18). The molecule has 20 heavy (non-hydrogen) atoms. The van der Waals surface area contributed by atoms with Gasteiger partial charge in [-0.3, -0.25) is 9.59 Å². The van der Waals surface area contributed by atoms with Crippen molar-refractivity contribution in [3.8, 4) is 5.75 Å². The summed E-state index contributed by atoms with van der Waals surface area (Å²) in [5.74, 6) is -5.31. The third kappa shape index (κ3) is 3.70. The lowest BCUT2D eigenvalue weighted by Gasteiger charge is -2.13. The number of alkyl halides is 3. The van der Waals surface area contributed by atoms with Crippen molar-refractivity contribution in [1.29, 1.82) is 0 Å². The molecule has 0 unspecified atom stereocenters. The van der Waals surface area contributed by atoms with Gasteiger partial charge in [-0.2, -0.15) is 13.2 Å². The van der Waals surface area contributed by atoms with Crippen LogP contribution in [0.2, 0.25) is 0 Å². The van der Waals surface area contributed by atoms with E-state index in [9.17, 15) is 27.6 Å². The van der Waals surface area contributed by atoms with Gasteiger partial charge in [0.05, 0.1) is 5.69 Å². The molecule has 1 rings (SSSR count).